The molecule has 3 atom stereocenters. The Bertz CT molecular complexity index is 362. The fourth-order valence-corrected chi connectivity index (χ4v) is 4.58. The molecule has 1 saturated carbocycles. The second kappa shape index (κ2) is 5.82. The Labute approximate surface area is 102 Å². The van der Waals surface area contributed by atoms with Crippen LogP contribution in [0.25, 0.3) is 0 Å². The largest absolute Gasteiger partial charge is 0.480 e. The molecule has 3 unspecified atom stereocenters. The summed E-state index contributed by atoms with van der Waals surface area (Å²) in [6.07, 6.45) is 2.65. The quantitative estimate of drug-likeness (QED) is 0.807. The van der Waals surface area contributed by atoms with Crippen molar-refractivity contribution in [1.29, 1.82) is 0 Å². The molecule has 5 nitrogen and oxygen atoms in total. The zero-order valence-corrected chi connectivity index (χ0v) is 11.1. The van der Waals surface area contributed by atoms with Crippen LogP contribution in [0.4, 0.5) is 0 Å². The lowest BCUT2D eigenvalue weighted by Gasteiger charge is -2.29. The molecule has 0 aromatic carbocycles. The zero-order valence-electron chi connectivity index (χ0n) is 10.3. The van der Waals surface area contributed by atoms with Crippen LogP contribution in [0.3, 0.4) is 0 Å². The summed E-state index contributed by atoms with van der Waals surface area (Å²) in [6.45, 7) is 1.59. The van der Waals surface area contributed by atoms with Gasteiger partial charge in [-0.15, -0.1) is 0 Å². The van der Waals surface area contributed by atoms with Gasteiger partial charge in [-0.2, -0.15) is 0 Å². The molecule has 1 fully saturated rings. The molecular formula is C11H20O5S. The SMILES string of the molecule is CCC(C(=O)O)S(=O)(=O)C1CCCC(OC)C1. The third kappa shape index (κ3) is 3.19. The summed E-state index contributed by atoms with van der Waals surface area (Å²) in [5.41, 5.74) is 0. The number of hydrogen-bond donors (Lipinski definition) is 1. The first-order valence-electron chi connectivity index (χ1n) is 5.91. The molecule has 6 heteroatoms. The molecule has 0 aromatic heterocycles. The van der Waals surface area contributed by atoms with Crippen LogP contribution in [-0.2, 0) is 19.4 Å². The minimum absolute atomic E-state index is 0.0603. The predicted octanol–water partition coefficient (Wildman–Crippen LogP) is 1.22. The summed E-state index contributed by atoms with van der Waals surface area (Å²) >= 11 is 0. The third-order valence-electron chi connectivity index (χ3n) is 3.42. The summed E-state index contributed by atoms with van der Waals surface area (Å²) in [4.78, 5) is 11.0. The van der Waals surface area contributed by atoms with Crippen LogP contribution in [0, 0.1) is 0 Å². The highest BCUT2D eigenvalue weighted by Crippen LogP contribution is 2.29. The van der Waals surface area contributed by atoms with E-state index < -0.39 is 26.3 Å². The number of carbonyl (C=O) groups is 1. The number of rotatable bonds is 5. The van der Waals surface area contributed by atoms with Crippen LogP contribution in [-0.4, -0.2) is 43.2 Å². The number of carboxylic acid groups (broad SMARTS) is 1. The Balaban J connectivity index is 2.85. The van der Waals surface area contributed by atoms with Crippen LogP contribution in [0.2, 0.25) is 0 Å². The van der Waals surface area contributed by atoms with Crippen molar-refractivity contribution < 1.29 is 23.1 Å². The fourth-order valence-electron chi connectivity index (χ4n) is 2.39. The molecule has 1 N–H and O–H groups in total. The van der Waals surface area contributed by atoms with E-state index in [-0.39, 0.29) is 12.5 Å². The molecule has 1 aliphatic carbocycles. The maximum absolute atomic E-state index is 12.2. The first kappa shape index (κ1) is 14.4. The van der Waals surface area contributed by atoms with E-state index in [0.29, 0.717) is 12.8 Å². The van der Waals surface area contributed by atoms with Gasteiger partial charge in [-0.25, -0.2) is 8.42 Å². The van der Waals surface area contributed by atoms with Crippen molar-refractivity contribution >= 4 is 15.8 Å². The molecule has 1 rings (SSSR count). The number of ether oxygens (including phenoxy) is 1. The van der Waals surface area contributed by atoms with Crippen molar-refractivity contribution in [2.24, 2.45) is 0 Å². The molecule has 0 saturated heterocycles. The van der Waals surface area contributed by atoms with Gasteiger partial charge in [0.05, 0.1) is 11.4 Å². The maximum Gasteiger partial charge on any atom is 0.321 e. The second-order valence-electron chi connectivity index (χ2n) is 4.47. The van der Waals surface area contributed by atoms with Crippen LogP contribution < -0.4 is 0 Å². The van der Waals surface area contributed by atoms with Gasteiger partial charge in [0.15, 0.2) is 15.1 Å². The highest BCUT2D eigenvalue weighted by atomic mass is 32.2. The highest BCUT2D eigenvalue weighted by molar-refractivity contribution is 7.93. The van der Waals surface area contributed by atoms with Gasteiger partial charge in [-0.05, 0) is 32.1 Å². The van der Waals surface area contributed by atoms with E-state index in [2.05, 4.69) is 0 Å². The lowest BCUT2D eigenvalue weighted by Crippen LogP contribution is -2.40. The molecule has 0 amide bonds. The van der Waals surface area contributed by atoms with Crippen molar-refractivity contribution in [2.75, 3.05) is 7.11 Å². The second-order valence-corrected chi connectivity index (χ2v) is 6.88. The van der Waals surface area contributed by atoms with Crippen LogP contribution in [0.1, 0.15) is 39.0 Å². The van der Waals surface area contributed by atoms with Gasteiger partial charge in [0, 0.05) is 7.11 Å². The minimum atomic E-state index is -3.60. The Morgan fingerprint density at radius 1 is 1.47 bits per heavy atom. The number of hydrogen-bond acceptors (Lipinski definition) is 4. The van der Waals surface area contributed by atoms with Gasteiger partial charge < -0.3 is 9.84 Å². The van der Waals surface area contributed by atoms with Crippen molar-refractivity contribution in [2.45, 2.75) is 55.6 Å². The van der Waals surface area contributed by atoms with Crippen molar-refractivity contribution in [1.82, 2.24) is 0 Å². The van der Waals surface area contributed by atoms with Gasteiger partial charge in [0.1, 0.15) is 0 Å². The molecule has 0 aliphatic heterocycles. The Kier molecular flexibility index (Phi) is 4.94. The summed E-state index contributed by atoms with van der Waals surface area (Å²) in [7, 11) is -2.03. The van der Waals surface area contributed by atoms with E-state index in [1.54, 1.807) is 14.0 Å². The maximum atomic E-state index is 12.2. The fraction of sp³-hybridized carbons (Fsp3) is 0.909. The average Bonchev–Trinajstić information content (AvgIpc) is 2.29. The van der Waals surface area contributed by atoms with Crippen molar-refractivity contribution in [3.63, 3.8) is 0 Å². The van der Waals surface area contributed by atoms with Crippen LogP contribution in [0.5, 0.6) is 0 Å². The highest BCUT2D eigenvalue weighted by Gasteiger charge is 2.40. The molecule has 17 heavy (non-hydrogen) atoms. The summed E-state index contributed by atoms with van der Waals surface area (Å²) in [5, 5.41) is 7.11. The van der Waals surface area contributed by atoms with Gasteiger partial charge in [-0.1, -0.05) is 6.92 Å². The third-order valence-corrected chi connectivity index (χ3v) is 6.10. The van der Waals surface area contributed by atoms with Gasteiger partial charge in [0.25, 0.3) is 0 Å². The lowest BCUT2D eigenvalue weighted by molar-refractivity contribution is -0.136. The lowest BCUT2D eigenvalue weighted by atomic mass is 9.97. The molecule has 1 aliphatic rings. The number of sulfone groups is 1. The van der Waals surface area contributed by atoms with E-state index in [9.17, 15) is 13.2 Å². The molecular weight excluding hydrogens is 244 g/mol. The molecule has 0 spiro atoms. The average molecular weight is 264 g/mol. The van der Waals surface area contributed by atoms with Crippen molar-refractivity contribution in [3.05, 3.63) is 0 Å². The number of aliphatic carboxylic acids is 1. The monoisotopic (exact) mass is 264 g/mol. The molecule has 0 bridgehead atoms. The predicted molar refractivity (Wildman–Crippen MR) is 63.7 cm³/mol. The smallest absolute Gasteiger partial charge is 0.321 e. The van der Waals surface area contributed by atoms with E-state index >= 15 is 0 Å². The summed E-state index contributed by atoms with van der Waals surface area (Å²) < 4.78 is 29.5. The van der Waals surface area contributed by atoms with E-state index in [1.807, 2.05) is 0 Å². The first-order chi connectivity index (χ1) is 7.93. The van der Waals surface area contributed by atoms with Gasteiger partial charge in [-0.3, -0.25) is 4.79 Å². The first-order valence-corrected chi connectivity index (χ1v) is 7.52. The Hall–Kier alpha value is -0.620. The molecule has 0 heterocycles. The number of carboxylic acids is 1. The Morgan fingerprint density at radius 2 is 2.12 bits per heavy atom. The summed E-state index contributed by atoms with van der Waals surface area (Å²) in [5.74, 6) is -1.24. The van der Waals surface area contributed by atoms with Gasteiger partial charge in [0.2, 0.25) is 0 Å². The van der Waals surface area contributed by atoms with E-state index in [1.165, 1.54) is 0 Å². The number of methoxy groups -OCH3 is 1. The topological polar surface area (TPSA) is 80.7 Å². The van der Waals surface area contributed by atoms with Gasteiger partial charge >= 0.3 is 5.97 Å². The molecule has 0 aromatic rings. The Morgan fingerprint density at radius 3 is 2.59 bits per heavy atom. The summed E-state index contributed by atoms with van der Waals surface area (Å²) in [6, 6.07) is 0. The molecule has 0 radical (unpaired) electrons. The zero-order chi connectivity index (χ0) is 13.1. The van der Waals surface area contributed by atoms with Crippen molar-refractivity contribution in [3.8, 4) is 0 Å². The van der Waals surface area contributed by atoms with E-state index in [0.717, 1.165) is 12.8 Å². The van der Waals surface area contributed by atoms with E-state index in [4.69, 9.17) is 9.84 Å². The normalized spacial score (nSPS) is 27.6. The molecule has 100 valence electrons. The van der Waals surface area contributed by atoms with Crippen LogP contribution >= 0.6 is 0 Å². The minimum Gasteiger partial charge on any atom is -0.480 e. The standard InChI is InChI=1S/C11H20O5S/c1-3-10(11(12)13)17(14,15)9-6-4-5-8(7-9)16-2/h8-10H,3-7H2,1-2H3,(H,12,13). The van der Waals surface area contributed by atoms with Crippen LogP contribution in [0.15, 0.2) is 0 Å².